The first-order valence-corrected chi connectivity index (χ1v) is 8.40. The van der Waals surface area contributed by atoms with E-state index < -0.39 is 5.91 Å². The molecule has 3 rings (SSSR count). The lowest BCUT2D eigenvalue weighted by molar-refractivity contribution is 0.0726. The molecule has 6 heteroatoms. The minimum absolute atomic E-state index is 0.111. The molecule has 0 unspecified atom stereocenters. The summed E-state index contributed by atoms with van der Waals surface area (Å²) in [5.41, 5.74) is 7.12. The molecule has 1 saturated carbocycles. The van der Waals surface area contributed by atoms with Gasteiger partial charge in [-0.05, 0) is 48.7 Å². The fourth-order valence-corrected chi connectivity index (χ4v) is 2.93. The molecule has 0 radical (unpaired) electrons. The maximum absolute atomic E-state index is 13.1. The van der Waals surface area contributed by atoms with Crippen molar-refractivity contribution in [1.29, 1.82) is 0 Å². The third-order valence-electron chi connectivity index (χ3n) is 4.21. The summed E-state index contributed by atoms with van der Waals surface area (Å²) in [5.74, 6) is -0.139. The van der Waals surface area contributed by atoms with Gasteiger partial charge >= 0.3 is 0 Å². The van der Waals surface area contributed by atoms with Crippen molar-refractivity contribution in [3.8, 4) is 5.75 Å². The lowest BCUT2D eigenvalue weighted by Crippen LogP contribution is -2.33. The third kappa shape index (κ3) is 3.94. The second-order valence-electron chi connectivity index (χ2n) is 6.07. The quantitative estimate of drug-likeness (QED) is 0.861. The molecule has 0 atom stereocenters. The van der Waals surface area contributed by atoms with Crippen molar-refractivity contribution in [2.24, 2.45) is 5.73 Å². The van der Waals surface area contributed by atoms with Crippen LogP contribution in [0.25, 0.3) is 0 Å². The Morgan fingerprint density at radius 3 is 2.64 bits per heavy atom. The highest BCUT2D eigenvalue weighted by atomic mass is 35.5. The van der Waals surface area contributed by atoms with Crippen molar-refractivity contribution in [2.45, 2.75) is 25.4 Å². The van der Waals surface area contributed by atoms with Gasteiger partial charge in [-0.15, -0.1) is 0 Å². The number of benzene rings is 2. The largest absolute Gasteiger partial charge is 0.496 e. The van der Waals surface area contributed by atoms with Crippen molar-refractivity contribution in [2.75, 3.05) is 7.11 Å². The zero-order valence-corrected chi connectivity index (χ0v) is 14.6. The number of rotatable bonds is 6. The molecular weight excluding hydrogens is 340 g/mol. The first-order valence-electron chi connectivity index (χ1n) is 8.03. The van der Waals surface area contributed by atoms with Crippen LogP contribution in [0.4, 0.5) is 0 Å². The average molecular weight is 359 g/mol. The van der Waals surface area contributed by atoms with E-state index in [1.807, 2.05) is 11.0 Å². The topological polar surface area (TPSA) is 72.6 Å². The Kier molecular flexibility index (Phi) is 4.95. The highest BCUT2D eigenvalue weighted by molar-refractivity contribution is 6.30. The number of carbonyl (C=O) groups is 2. The number of carbonyl (C=O) groups excluding carboxylic acids is 2. The Morgan fingerprint density at radius 2 is 2.00 bits per heavy atom. The van der Waals surface area contributed by atoms with Crippen molar-refractivity contribution >= 4 is 23.4 Å². The first kappa shape index (κ1) is 17.3. The van der Waals surface area contributed by atoms with Gasteiger partial charge in [-0.25, -0.2) is 0 Å². The Balaban J connectivity index is 1.88. The highest BCUT2D eigenvalue weighted by Crippen LogP contribution is 2.32. The lowest BCUT2D eigenvalue weighted by atomic mass is 10.1. The normalized spacial score (nSPS) is 13.4. The van der Waals surface area contributed by atoms with E-state index in [-0.39, 0.29) is 11.9 Å². The summed E-state index contributed by atoms with van der Waals surface area (Å²) in [6, 6.07) is 12.2. The third-order valence-corrected chi connectivity index (χ3v) is 4.44. The van der Waals surface area contributed by atoms with E-state index in [0.29, 0.717) is 28.4 Å². The second kappa shape index (κ2) is 7.15. The summed E-state index contributed by atoms with van der Waals surface area (Å²) in [5, 5.41) is 0.514. The van der Waals surface area contributed by atoms with Gasteiger partial charge in [-0.1, -0.05) is 23.7 Å². The molecule has 2 N–H and O–H groups in total. The van der Waals surface area contributed by atoms with E-state index in [2.05, 4.69) is 0 Å². The molecule has 130 valence electrons. The average Bonchev–Trinajstić information content (AvgIpc) is 3.44. The Hall–Kier alpha value is -2.53. The number of primary amides is 1. The number of halogens is 1. The molecule has 0 bridgehead atoms. The number of hydrogen-bond donors (Lipinski definition) is 1. The Bertz CT molecular complexity index is 818. The summed E-state index contributed by atoms with van der Waals surface area (Å²) in [6.45, 7) is 0.413. The molecule has 5 nitrogen and oxygen atoms in total. The summed E-state index contributed by atoms with van der Waals surface area (Å²) in [7, 11) is 1.51. The van der Waals surface area contributed by atoms with Crippen LogP contribution in [0, 0.1) is 0 Å². The van der Waals surface area contributed by atoms with E-state index in [9.17, 15) is 9.59 Å². The maximum Gasteiger partial charge on any atom is 0.258 e. The maximum atomic E-state index is 13.1. The summed E-state index contributed by atoms with van der Waals surface area (Å²) >= 11 is 5.98. The van der Waals surface area contributed by atoms with Crippen LogP contribution in [0.5, 0.6) is 5.75 Å². The number of hydrogen-bond acceptors (Lipinski definition) is 3. The zero-order valence-electron chi connectivity index (χ0n) is 13.9. The SMILES string of the molecule is COc1cc(Cl)ccc1C(=O)N(Cc1cccc(C(N)=O)c1)C1CC1. The fraction of sp³-hybridized carbons (Fsp3) is 0.263. The number of methoxy groups -OCH3 is 1. The molecule has 0 aliphatic heterocycles. The Morgan fingerprint density at radius 1 is 1.24 bits per heavy atom. The number of amides is 2. The van der Waals surface area contributed by atoms with Gasteiger partial charge in [0.25, 0.3) is 5.91 Å². The van der Waals surface area contributed by atoms with E-state index in [0.717, 1.165) is 18.4 Å². The predicted octanol–water partition coefficient (Wildman–Crippen LogP) is 3.25. The number of nitrogens with zero attached hydrogens (tertiary/aromatic N) is 1. The van der Waals surface area contributed by atoms with Gasteiger partial charge in [0.1, 0.15) is 5.75 Å². The van der Waals surface area contributed by atoms with E-state index in [4.69, 9.17) is 22.1 Å². The van der Waals surface area contributed by atoms with Crippen LogP contribution < -0.4 is 10.5 Å². The van der Waals surface area contributed by atoms with Crippen LogP contribution in [0.15, 0.2) is 42.5 Å². The minimum Gasteiger partial charge on any atom is -0.496 e. The second-order valence-corrected chi connectivity index (χ2v) is 6.51. The molecule has 25 heavy (non-hydrogen) atoms. The molecule has 1 aliphatic rings. The standard InChI is InChI=1S/C19H19ClN2O3/c1-25-17-10-14(20)5-8-16(17)19(24)22(15-6-7-15)11-12-3-2-4-13(9-12)18(21)23/h2-5,8-10,15H,6-7,11H2,1H3,(H2,21,23). The molecule has 2 amide bonds. The monoisotopic (exact) mass is 358 g/mol. The van der Waals surface area contributed by atoms with Crippen LogP contribution in [0.2, 0.25) is 5.02 Å². The molecule has 0 saturated heterocycles. The van der Waals surface area contributed by atoms with Crippen LogP contribution >= 0.6 is 11.6 Å². The summed E-state index contributed by atoms with van der Waals surface area (Å²) in [4.78, 5) is 26.2. The van der Waals surface area contributed by atoms with Gasteiger partial charge in [0.15, 0.2) is 0 Å². The van der Waals surface area contributed by atoms with Gasteiger partial charge in [0.2, 0.25) is 5.91 Å². The van der Waals surface area contributed by atoms with Gasteiger partial charge in [-0.2, -0.15) is 0 Å². The molecule has 0 heterocycles. The van der Waals surface area contributed by atoms with Crippen LogP contribution in [-0.2, 0) is 6.54 Å². The van der Waals surface area contributed by atoms with Crippen molar-refractivity contribution < 1.29 is 14.3 Å². The van der Waals surface area contributed by atoms with E-state index in [1.54, 1.807) is 36.4 Å². The molecular formula is C19H19ClN2O3. The number of nitrogens with two attached hydrogens (primary N) is 1. The van der Waals surface area contributed by atoms with Crippen LogP contribution in [-0.4, -0.2) is 29.9 Å². The molecule has 0 aromatic heterocycles. The van der Waals surface area contributed by atoms with E-state index >= 15 is 0 Å². The summed E-state index contributed by atoms with van der Waals surface area (Å²) < 4.78 is 5.31. The molecule has 2 aromatic carbocycles. The van der Waals surface area contributed by atoms with Crippen LogP contribution in [0.3, 0.4) is 0 Å². The summed E-state index contributed by atoms with van der Waals surface area (Å²) in [6.07, 6.45) is 1.94. The van der Waals surface area contributed by atoms with Gasteiger partial charge in [0, 0.05) is 23.2 Å². The van der Waals surface area contributed by atoms with Crippen molar-refractivity contribution in [3.63, 3.8) is 0 Å². The van der Waals surface area contributed by atoms with Crippen LogP contribution in [0.1, 0.15) is 39.1 Å². The first-order chi connectivity index (χ1) is 12.0. The molecule has 1 fully saturated rings. The predicted molar refractivity (Wildman–Crippen MR) is 95.9 cm³/mol. The Labute approximate surface area is 151 Å². The lowest BCUT2D eigenvalue weighted by Gasteiger charge is -2.24. The van der Waals surface area contributed by atoms with Gasteiger partial charge < -0.3 is 15.4 Å². The van der Waals surface area contributed by atoms with Gasteiger partial charge in [0.05, 0.1) is 12.7 Å². The van der Waals surface area contributed by atoms with Crippen molar-refractivity contribution in [1.82, 2.24) is 4.90 Å². The van der Waals surface area contributed by atoms with Crippen molar-refractivity contribution in [3.05, 3.63) is 64.2 Å². The zero-order chi connectivity index (χ0) is 18.0. The molecule has 1 aliphatic carbocycles. The number of ether oxygens (including phenoxy) is 1. The smallest absolute Gasteiger partial charge is 0.258 e. The van der Waals surface area contributed by atoms with E-state index in [1.165, 1.54) is 7.11 Å². The molecule has 0 spiro atoms. The minimum atomic E-state index is -0.481. The van der Waals surface area contributed by atoms with Gasteiger partial charge in [-0.3, -0.25) is 9.59 Å². The molecule has 2 aromatic rings. The highest BCUT2D eigenvalue weighted by Gasteiger charge is 2.34. The fourth-order valence-electron chi connectivity index (χ4n) is 2.77.